The lowest BCUT2D eigenvalue weighted by Crippen LogP contribution is -2.04. The molecule has 0 heterocycles. The molecule has 0 bridgehead atoms. The van der Waals surface area contributed by atoms with Crippen molar-refractivity contribution in [1.29, 1.82) is 0 Å². The van der Waals surface area contributed by atoms with Gasteiger partial charge in [-0.2, -0.15) is 0 Å². The first-order valence-corrected chi connectivity index (χ1v) is 9.11. The van der Waals surface area contributed by atoms with Crippen LogP contribution in [0, 0.1) is 5.41 Å². The van der Waals surface area contributed by atoms with Crippen LogP contribution < -0.4 is 0 Å². The van der Waals surface area contributed by atoms with Gasteiger partial charge in [0, 0.05) is 0 Å². The van der Waals surface area contributed by atoms with Crippen LogP contribution in [-0.2, 0) is 0 Å². The normalized spacial score (nSPS) is 14.5. The average Bonchev–Trinajstić information content (AvgIpc) is 1.60. The molecule has 0 nitrogen and oxygen atoms in total. The molecule has 0 aliphatic rings. The standard InChI is InChI=1S/C6H10Br3P/c1-6(2,3)5(4-7)10(8)9/h4H,1-3H3/b5-4+. The van der Waals surface area contributed by atoms with Gasteiger partial charge in [0.25, 0.3) is 0 Å². The molecule has 0 N–H and O–H groups in total. The molecule has 4 heteroatoms. The quantitative estimate of drug-likeness (QED) is 0.556. The summed E-state index contributed by atoms with van der Waals surface area (Å²) in [5.74, 6) is 0. The first-order valence-electron chi connectivity index (χ1n) is 2.82. The summed E-state index contributed by atoms with van der Waals surface area (Å²) in [6.45, 7) is 6.58. The van der Waals surface area contributed by atoms with E-state index in [0.29, 0.717) is 0 Å². The lowest BCUT2D eigenvalue weighted by atomic mass is 9.97. The highest BCUT2D eigenvalue weighted by Crippen LogP contribution is 2.64. The molecule has 0 fully saturated rings. The fraction of sp³-hybridized carbons (Fsp3) is 0.667. The van der Waals surface area contributed by atoms with E-state index in [9.17, 15) is 0 Å². The Morgan fingerprint density at radius 2 is 1.70 bits per heavy atom. The highest BCUT2D eigenvalue weighted by Gasteiger charge is 2.21. The van der Waals surface area contributed by atoms with Gasteiger partial charge in [0.1, 0.15) is 0 Å². The molecule has 0 spiro atoms. The summed E-state index contributed by atoms with van der Waals surface area (Å²) in [6, 6.07) is 0. The number of allylic oxidation sites excluding steroid dienone is 1. The van der Waals surface area contributed by atoms with Crippen molar-refractivity contribution >= 4 is 52.2 Å². The van der Waals surface area contributed by atoms with Crippen molar-refractivity contribution in [3.8, 4) is 0 Å². The van der Waals surface area contributed by atoms with Crippen LogP contribution in [0.4, 0.5) is 0 Å². The minimum Gasteiger partial charge on any atom is -0.0591 e. The van der Waals surface area contributed by atoms with Crippen LogP contribution in [0.1, 0.15) is 20.8 Å². The van der Waals surface area contributed by atoms with Crippen molar-refractivity contribution in [2.45, 2.75) is 20.8 Å². The fourth-order valence-corrected chi connectivity index (χ4v) is 7.79. The average molecular weight is 353 g/mol. The predicted octanol–water partition coefficient (Wildman–Crippen LogP) is 5.37. The molecule has 60 valence electrons. The van der Waals surface area contributed by atoms with Crippen LogP contribution in [-0.4, -0.2) is 0 Å². The Hall–Kier alpha value is 1.61. The summed E-state index contributed by atoms with van der Waals surface area (Å²) in [7, 11) is 0. The zero-order chi connectivity index (χ0) is 8.36. The molecule has 0 atom stereocenters. The summed E-state index contributed by atoms with van der Waals surface area (Å²) in [6.07, 6.45) is 0. The maximum Gasteiger partial charge on any atom is 0.0624 e. The third kappa shape index (κ3) is 3.85. The van der Waals surface area contributed by atoms with E-state index in [1.165, 1.54) is 5.31 Å². The zero-order valence-corrected chi connectivity index (χ0v) is 11.8. The molecular formula is C6H10Br3P. The second-order valence-corrected chi connectivity index (χ2v) is 11.5. The molecule has 0 aromatic heterocycles. The molecule has 10 heavy (non-hydrogen) atoms. The Labute approximate surface area is 88.2 Å². The molecule has 0 aromatic rings. The Balaban J connectivity index is 4.40. The molecule has 0 aliphatic heterocycles. The van der Waals surface area contributed by atoms with E-state index in [0.717, 1.165) is 0 Å². The molecule has 0 unspecified atom stereocenters. The molecule has 0 saturated carbocycles. The Kier molecular flexibility index (Phi) is 5.33. The van der Waals surface area contributed by atoms with Crippen LogP contribution >= 0.6 is 52.2 Å². The third-order valence-electron chi connectivity index (χ3n) is 1.05. The Morgan fingerprint density at radius 3 is 1.70 bits per heavy atom. The van der Waals surface area contributed by atoms with Gasteiger partial charge < -0.3 is 0 Å². The maximum atomic E-state index is 3.52. The summed E-state index contributed by atoms with van der Waals surface area (Å²) in [5.41, 5.74) is 0.238. The van der Waals surface area contributed by atoms with Crippen molar-refractivity contribution in [3.05, 3.63) is 10.3 Å². The molecule has 0 aromatic carbocycles. The minimum absolute atomic E-state index is 0.238. The van der Waals surface area contributed by atoms with Gasteiger partial charge in [-0.05, 0) is 46.7 Å². The van der Waals surface area contributed by atoms with Crippen molar-refractivity contribution < 1.29 is 0 Å². The van der Waals surface area contributed by atoms with E-state index in [1.807, 2.05) is 4.99 Å². The van der Waals surface area contributed by atoms with E-state index in [2.05, 4.69) is 67.7 Å². The van der Waals surface area contributed by atoms with E-state index in [4.69, 9.17) is 0 Å². The number of halogens is 3. The zero-order valence-electron chi connectivity index (χ0n) is 6.16. The number of rotatable bonds is 1. The van der Waals surface area contributed by atoms with Crippen LogP contribution in [0.2, 0.25) is 0 Å². The number of hydrogen-bond acceptors (Lipinski definition) is 0. The van der Waals surface area contributed by atoms with E-state index >= 15 is 0 Å². The van der Waals surface area contributed by atoms with Gasteiger partial charge >= 0.3 is 0 Å². The number of hydrogen-bond donors (Lipinski definition) is 0. The van der Waals surface area contributed by atoms with Crippen LogP contribution in [0.3, 0.4) is 0 Å². The first kappa shape index (κ1) is 11.6. The molecule has 0 amide bonds. The molecule has 0 saturated heterocycles. The van der Waals surface area contributed by atoms with Crippen LogP contribution in [0.5, 0.6) is 0 Å². The van der Waals surface area contributed by atoms with E-state index < -0.39 is 0 Å². The van der Waals surface area contributed by atoms with Gasteiger partial charge in [0.15, 0.2) is 0 Å². The van der Waals surface area contributed by atoms with Gasteiger partial charge in [-0.25, -0.2) is 0 Å². The van der Waals surface area contributed by atoms with Gasteiger partial charge in [-0.3, -0.25) is 0 Å². The third-order valence-corrected chi connectivity index (χ3v) is 5.32. The lowest BCUT2D eigenvalue weighted by Gasteiger charge is -2.22. The maximum absolute atomic E-state index is 3.52. The second kappa shape index (κ2) is 4.59. The van der Waals surface area contributed by atoms with Crippen molar-refractivity contribution in [2.24, 2.45) is 5.41 Å². The predicted molar refractivity (Wildman–Crippen MR) is 61.2 cm³/mol. The van der Waals surface area contributed by atoms with Gasteiger partial charge in [0.05, 0.1) is 5.33 Å². The minimum atomic E-state index is -0.313. The summed E-state index contributed by atoms with van der Waals surface area (Å²) in [4.78, 5) is 1.99. The van der Waals surface area contributed by atoms with Gasteiger partial charge in [-0.1, -0.05) is 36.7 Å². The highest BCUT2D eigenvalue weighted by atomic mass is 79.9. The van der Waals surface area contributed by atoms with Crippen molar-refractivity contribution in [1.82, 2.24) is 0 Å². The van der Waals surface area contributed by atoms with Crippen LogP contribution in [0.15, 0.2) is 10.3 Å². The van der Waals surface area contributed by atoms with Crippen LogP contribution in [0.25, 0.3) is 0 Å². The highest BCUT2D eigenvalue weighted by molar-refractivity contribution is 9.70. The van der Waals surface area contributed by atoms with Gasteiger partial charge in [0.2, 0.25) is 0 Å². The molecule has 0 radical (unpaired) electrons. The lowest BCUT2D eigenvalue weighted by molar-refractivity contribution is 0.534. The first-order chi connectivity index (χ1) is 4.39. The molecular weight excluding hydrogens is 343 g/mol. The van der Waals surface area contributed by atoms with E-state index in [-0.39, 0.29) is 10.7 Å². The van der Waals surface area contributed by atoms with E-state index in [1.54, 1.807) is 0 Å². The van der Waals surface area contributed by atoms with Crippen molar-refractivity contribution in [3.63, 3.8) is 0 Å². The summed E-state index contributed by atoms with van der Waals surface area (Å²) < 4.78 is 0. The topological polar surface area (TPSA) is 0 Å². The fourth-order valence-electron chi connectivity index (χ4n) is 0.454. The molecule has 0 rings (SSSR count). The smallest absolute Gasteiger partial charge is 0.0591 e. The van der Waals surface area contributed by atoms with Gasteiger partial charge in [-0.15, -0.1) is 0 Å². The second-order valence-electron chi connectivity index (χ2n) is 2.98. The van der Waals surface area contributed by atoms with Crippen molar-refractivity contribution in [2.75, 3.05) is 0 Å². The Bertz CT molecular complexity index is 134. The largest absolute Gasteiger partial charge is 0.0624 e. The summed E-state index contributed by atoms with van der Waals surface area (Å²) >= 11 is 10.4. The molecule has 0 aliphatic carbocycles. The monoisotopic (exact) mass is 350 g/mol. The SMILES string of the molecule is CC(C)(C)/C(=C\Br)P(Br)Br. The Morgan fingerprint density at radius 1 is 1.30 bits per heavy atom. The summed E-state index contributed by atoms with van der Waals surface area (Å²) in [5, 5.41) is 1.05.